The SMILES string of the molecule is O=C(O)C1CC2CCC1N2C(=O)NCC1CC=CCC1. The van der Waals surface area contributed by atoms with Crippen LogP contribution in [0, 0.1) is 11.8 Å². The lowest BCUT2D eigenvalue weighted by atomic mass is 9.89. The number of carbonyl (C=O) groups excluding carboxylic acids is 1. The lowest BCUT2D eigenvalue weighted by Crippen LogP contribution is -2.45. The first-order valence-electron chi connectivity index (χ1n) is 7.60. The summed E-state index contributed by atoms with van der Waals surface area (Å²) in [5.41, 5.74) is 0. The number of amides is 2. The molecule has 5 nitrogen and oxygen atoms in total. The summed E-state index contributed by atoms with van der Waals surface area (Å²) in [5, 5.41) is 12.2. The van der Waals surface area contributed by atoms with E-state index < -0.39 is 5.97 Å². The molecule has 0 aromatic rings. The summed E-state index contributed by atoms with van der Waals surface area (Å²) in [5.74, 6) is -0.594. The van der Waals surface area contributed by atoms with Gasteiger partial charge in [0.2, 0.25) is 0 Å². The zero-order valence-corrected chi connectivity index (χ0v) is 11.6. The zero-order valence-electron chi connectivity index (χ0n) is 11.6. The normalized spacial score (nSPS) is 35.3. The van der Waals surface area contributed by atoms with Gasteiger partial charge in [-0.15, -0.1) is 0 Å². The van der Waals surface area contributed by atoms with Crippen LogP contribution >= 0.6 is 0 Å². The number of aliphatic carboxylic acids is 1. The molecule has 0 saturated carbocycles. The molecule has 2 N–H and O–H groups in total. The molecule has 0 aromatic carbocycles. The summed E-state index contributed by atoms with van der Waals surface area (Å²) in [6, 6.07) is -0.0214. The van der Waals surface area contributed by atoms with Gasteiger partial charge in [-0.1, -0.05) is 12.2 Å². The third-order valence-electron chi connectivity index (χ3n) is 5.01. The minimum atomic E-state index is -0.757. The molecule has 0 radical (unpaired) electrons. The number of carbonyl (C=O) groups is 2. The van der Waals surface area contributed by atoms with Crippen LogP contribution < -0.4 is 5.32 Å². The van der Waals surface area contributed by atoms with E-state index in [2.05, 4.69) is 17.5 Å². The second-order valence-corrected chi connectivity index (χ2v) is 6.22. The van der Waals surface area contributed by atoms with Gasteiger partial charge < -0.3 is 15.3 Å². The number of nitrogens with zero attached hydrogens (tertiary/aromatic N) is 1. The summed E-state index contributed by atoms with van der Waals surface area (Å²) in [6.45, 7) is 0.705. The molecule has 2 saturated heterocycles. The number of rotatable bonds is 3. The number of urea groups is 1. The molecular formula is C15H22N2O3. The van der Waals surface area contributed by atoms with Crippen LogP contribution in [0.15, 0.2) is 12.2 Å². The van der Waals surface area contributed by atoms with E-state index >= 15 is 0 Å². The van der Waals surface area contributed by atoms with Crippen molar-refractivity contribution in [1.82, 2.24) is 10.2 Å². The van der Waals surface area contributed by atoms with Crippen molar-refractivity contribution in [3.8, 4) is 0 Å². The number of hydrogen-bond donors (Lipinski definition) is 2. The van der Waals surface area contributed by atoms with Crippen molar-refractivity contribution < 1.29 is 14.7 Å². The maximum atomic E-state index is 12.3. The Morgan fingerprint density at radius 3 is 2.75 bits per heavy atom. The number of hydrogen-bond acceptors (Lipinski definition) is 2. The standard InChI is InChI=1S/C15H22N2O3/c18-14(19)12-8-11-6-7-13(12)17(11)15(20)16-9-10-4-2-1-3-5-10/h1-2,10-13H,3-9H2,(H,16,20)(H,18,19). The Hall–Kier alpha value is -1.52. The van der Waals surface area contributed by atoms with Crippen LogP contribution in [0.4, 0.5) is 4.79 Å². The highest BCUT2D eigenvalue weighted by Gasteiger charge is 2.51. The zero-order chi connectivity index (χ0) is 14.1. The van der Waals surface area contributed by atoms with Crippen molar-refractivity contribution in [3.63, 3.8) is 0 Å². The lowest BCUT2D eigenvalue weighted by Gasteiger charge is -2.25. The molecule has 0 spiro atoms. The van der Waals surface area contributed by atoms with Gasteiger partial charge in [0.05, 0.1) is 5.92 Å². The van der Waals surface area contributed by atoms with E-state index in [1.165, 1.54) is 0 Å². The van der Waals surface area contributed by atoms with Crippen LogP contribution in [0.25, 0.3) is 0 Å². The molecule has 1 aliphatic carbocycles. The highest BCUT2D eigenvalue weighted by molar-refractivity contribution is 5.79. The van der Waals surface area contributed by atoms with Gasteiger partial charge in [-0.3, -0.25) is 4.79 Å². The van der Waals surface area contributed by atoms with Crippen LogP contribution in [-0.4, -0.2) is 40.6 Å². The number of carboxylic acids is 1. The van der Waals surface area contributed by atoms with E-state index in [9.17, 15) is 14.7 Å². The highest BCUT2D eigenvalue weighted by Crippen LogP contribution is 2.41. The summed E-state index contributed by atoms with van der Waals surface area (Å²) >= 11 is 0. The monoisotopic (exact) mass is 278 g/mol. The minimum absolute atomic E-state index is 0.0594. The Kier molecular flexibility index (Phi) is 3.68. The number of fused-ring (bicyclic) bond motifs is 2. The molecule has 4 unspecified atom stereocenters. The molecule has 2 aliphatic heterocycles. The largest absolute Gasteiger partial charge is 0.481 e. The summed E-state index contributed by atoms with van der Waals surface area (Å²) in [6.07, 6.45) is 10.0. The Labute approximate surface area is 119 Å². The maximum absolute atomic E-state index is 12.3. The first-order valence-corrected chi connectivity index (χ1v) is 7.60. The molecular weight excluding hydrogens is 256 g/mol. The number of allylic oxidation sites excluding steroid dienone is 2. The first-order chi connectivity index (χ1) is 9.66. The predicted octanol–water partition coefficient (Wildman–Crippen LogP) is 1.99. The van der Waals surface area contributed by atoms with Crippen LogP contribution in [0.2, 0.25) is 0 Å². The third kappa shape index (κ3) is 2.41. The van der Waals surface area contributed by atoms with E-state index in [4.69, 9.17) is 0 Å². The topological polar surface area (TPSA) is 69.6 Å². The van der Waals surface area contributed by atoms with Crippen molar-refractivity contribution in [2.24, 2.45) is 11.8 Å². The second kappa shape index (κ2) is 5.46. The molecule has 2 bridgehead atoms. The fraction of sp³-hybridized carbons (Fsp3) is 0.733. The van der Waals surface area contributed by atoms with Crippen molar-refractivity contribution >= 4 is 12.0 Å². The van der Waals surface area contributed by atoms with Gasteiger partial charge in [-0.25, -0.2) is 4.79 Å². The van der Waals surface area contributed by atoms with Crippen LogP contribution in [-0.2, 0) is 4.79 Å². The fourth-order valence-corrected chi connectivity index (χ4v) is 3.94. The Bertz CT molecular complexity index is 435. The highest BCUT2D eigenvalue weighted by atomic mass is 16.4. The average Bonchev–Trinajstić information content (AvgIpc) is 3.03. The number of carboxylic acid groups (broad SMARTS) is 1. The second-order valence-electron chi connectivity index (χ2n) is 6.22. The van der Waals surface area contributed by atoms with Crippen LogP contribution in [0.1, 0.15) is 38.5 Å². The van der Waals surface area contributed by atoms with E-state index in [-0.39, 0.29) is 24.0 Å². The molecule has 0 aromatic heterocycles. The molecule has 4 atom stereocenters. The Balaban J connectivity index is 1.55. The van der Waals surface area contributed by atoms with Crippen LogP contribution in [0.5, 0.6) is 0 Å². The van der Waals surface area contributed by atoms with Crippen molar-refractivity contribution in [2.75, 3.05) is 6.54 Å². The quantitative estimate of drug-likeness (QED) is 0.776. The smallest absolute Gasteiger partial charge is 0.317 e. The molecule has 110 valence electrons. The maximum Gasteiger partial charge on any atom is 0.317 e. The van der Waals surface area contributed by atoms with Gasteiger partial charge in [-0.05, 0) is 44.4 Å². The number of nitrogens with one attached hydrogen (secondary N) is 1. The molecule has 3 aliphatic rings. The van der Waals surface area contributed by atoms with Gasteiger partial charge in [-0.2, -0.15) is 0 Å². The summed E-state index contributed by atoms with van der Waals surface area (Å²) < 4.78 is 0. The average molecular weight is 278 g/mol. The van der Waals surface area contributed by atoms with Crippen molar-refractivity contribution in [2.45, 2.75) is 50.6 Å². The van der Waals surface area contributed by atoms with Gasteiger partial charge >= 0.3 is 12.0 Å². The summed E-state index contributed by atoms with van der Waals surface area (Å²) in [4.78, 5) is 25.3. The predicted molar refractivity (Wildman–Crippen MR) is 74.3 cm³/mol. The molecule has 3 rings (SSSR count). The van der Waals surface area contributed by atoms with Crippen molar-refractivity contribution in [1.29, 1.82) is 0 Å². The fourth-order valence-electron chi connectivity index (χ4n) is 3.94. The first kappa shape index (κ1) is 13.5. The van der Waals surface area contributed by atoms with E-state index in [1.54, 1.807) is 4.90 Å². The Morgan fingerprint density at radius 2 is 2.10 bits per heavy atom. The van der Waals surface area contributed by atoms with Gasteiger partial charge in [0, 0.05) is 18.6 Å². The van der Waals surface area contributed by atoms with E-state index in [1.807, 2.05) is 0 Å². The molecule has 5 heteroatoms. The Morgan fingerprint density at radius 1 is 1.25 bits per heavy atom. The lowest BCUT2D eigenvalue weighted by molar-refractivity contribution is -0.142. The molecule has 2 amide bonds. The molecule has 2 heterocycles. The van der Waals surface area contributed by atoms with E-state index in [0.29, 0.717) is 18.9 Å². The van der Waals surface area contributed by atoms with Gasteiger partial charge in [0.1, 0.15) is 0 Å². The van der Waals surface area contributed by atoms with Crippen LogP contribution in [0.3, 0.4) is 0 Å². The van der Waals surface area contributed by atoms with Crippen molar-refractivity contribution in [3.05, 3.63) is 12.2 Å². The van der Waals surface area contributed by atoms with E-state index in [0.717, 1.165) is 32.1 Å². The molecule has 20 heavy (non-hydrogen) atoms. The molecule has 2 fully saturated rings. The third-order valence-corrected chi connectivity index (χ3v) is 5.01. The minimum Gasteiger partial charge on any atom is -0.481 e. The van der Waals surface area contributed by atoms with Gasteiger partial charge in [0.25, 0.3) is 0 Å². The van der Waals surface area contributed by atoms with Gasteiger partial charge in [0.15, 0.2) is 0 Å². The summed E-state index contributed by atoms with van der Waals surface area (Å²) in [7, 11) is 0.